The lowest BCUT2D eigenvalue weighted by atomic mass is 10.0. The summed E-state index contributed by atoms with van der Waals surface area (Å²) in [5.74, 6) is -1.39. The number of carbonyl (C=O) groups excluding carboxylic acids is 3. The number of anilines is 1. The van der Waals surface area contributed by atoms with E-state index in [0.29, 0.717) is 16.3 Å². The monoisotopic (exact) mass is 505 g/mol. The summed E-state index contributed by atoms with van der Waals surface area (Å²) in [6.07, 6.45) is -0.883. The molecule has 10 heteroatoms. The molecule has 0 radical (unpaired) electrons. The van der Waals surface area contributed by atoms with Crippen molar-refractivity contribution < 1.29 is 29.3 Å². The van der Waals surface area contributed by atoms with E-state index in [1.54, 1.807) is 65.0 Å². The molecule has 35 heavy (non-hydrogen) atoms. The normalized spacial score (nSPS) is 12.9. The molecule has 0 aliphatic rings. The molecule has 0 bridgehead atoms. The Morgan fingerprint density at radius 1 is 1.14 bits per heavy atom. The van der Waals surface area contributed by atoms with E-state index in [9.17, 15) is 24.6 Å². The fourth-order valence-corrected chi connectivity index (χ4v) is 3.72. The Kier molecular flexibility index (Phi) is 9.50. The average molecular weight is 506 g/mol. The highest BCUT2D eigenvalue weighted by atomic mass is 35.5. The van der Waals surface area contributed by atoms with E-state index in [1.165, 1.54) is 17.0 Å². The van der Waals surface area contributed by atoms with Gasteiger partial charge in [0.1, 0.15) is 23.4 Å². The highest BCUT2D eigenvalue weighted by molar-refractivity contribution is 6.34. The molecule has 0 heterocycles. The summed E-state index contributed by atoms with van der Waals surface area (Å²) in [5, 5.41) is 25.3. The van der Waals surface area contributed by atoms with Crippen molar-refractivity contribution in [1.29, 1.82) is 0 Å². The highest BCUT2D eigenvalue weighted by Crippen LogP contribution is 2.30. The van der Waals surface area contributed by atoms with E-state index in [4.69, 9.17) is 16.3 Å². The third kappa shape index (κ3) is 7.60. The topological polar surface area (TPSA) is 128 Å². The van der Waals surface area contributed by atoms with Crippen molar-refractivity contribution >= 4 is 35.2 Å². The second-order valence-corrected chi connectivity index (χ2v) is 9.33. The molecular weight excluding hydrogens is 474 g/mol. The standard InChI is InChI=1S/C25H32ClN3O6/c1-6-29(23(33)19(14-30)27-24(34)35-25(3,4)5)21(16-10-8-11-17(31)13-16)22(32)28-20-15(2)9-7-12-18(20)26/h7-13,19,21,30-31H,6,14H2,1-5H3,(H,27,34)(H,28,32). The van der Waals surface area contributed by atoms with E-state index in [0.717, 1.165) is 5.56 Å². The van der Waals surface area contributed by atoms with Crippen molar-refractivity contribution in [2.24, 2.45) is 0 Å². The molecular formula is C25H32ClN3O6. The number of para-hydroxylation sites is 1. The van der Waals surface area contributed by atoms with Crippen molar-refractivity contribution in [3.8, 4) is 5.75 Å². The summed E-state index contributed by atoms with van der Waals surface area (Å²) in [7, 11) is 0. The van der Waals surface area contributed by atoms with Gasteiger partial charge in [-0.25, -0.2) is 4.79 Å². The Morgan fingerprint density at radius 2 is 1.80 bits per heavy atom. The van der Waals surface area contributed by atoms with Gasteiger partial charge in [0, 0.05) is 6.54 Å². The molecule has 0 fully saturated rings. The van der Waals surface area contributed by atoms with Crippen LogP contribution in [-0.4, -0.2) is 57.8 Å². The minimum Gasteiger partial charge on any atom is -0.508 e. The maximum absolute atomic E-state index is 13.5. The van der Waals surface area contributed by atoms with Crippen molar-refractivity contribution in [2.75, 3.05) is 18.5 Å². The van der Waals surface area contributed by atoms with Crippen LogP contribution in [0, 0.1) is 6.92 Å². The van der Waals surface area contributed by atoms with Crippen LogP contribution in [0.1, 0.15) is 44.9 Å². The molecule has 2 rings (SSSR count). The van der Waals surface area contributed by atoms with Crippen LogP contribution in [0.3, 0.4) is 0 Å². The summed E-state index contributed by atoms with van der Waals surface area (Å²) in [6.45, 7) is 7.77. The summed E-state index contributed by atoms with van der Waals surface area (Å²) in [4.78, 5) is 40.4. The van der Waals surface area contributed by atoms with Crippen LogP contribution in [0.25, 0.3) is 0 Å². The average Bonchev–Trinajstić information content (AvgIpc) is 2.76. The van der Waals surface area contributed by atoms with Crippen LogP contribution in [0.4, 0.5) is 10.5 Å². The zero-order valence-corrected chi connectivity index (χ0v) is 21.2. The SMILES string of the molecule is CCN(C(=O)C(CO)NC(=O)OC(C)(C)C)C(C(=O)Nc1c(C)cccc1Cl)c1cccc(O)c1. The van der Waals surface area contributed by atoms with Crippen molar-refractivity contribution in [3.05, 3.63) is 58.6 Å². The van der Waals surface area contributed by atoms with Gasteiger partial charge in [-0.05, 0) is 63.9 Å². The largest absolute Gasteiger partial charge is 0.508 e. The Hall–Kier alpha value is -3.30. The molecule has 2 unspecified atom stereocenters. The van der Waals surface area contributed by atoms with Gasteiger partial charge in [0.15, 0.2) is 0 Å². The molecule has 0 aromatic heterocycles. The Balaban J connectivity index is 2.43. The molecule has 0 aliphatic heterocycles. The number of aliphatic hydroxyl groups is 1. The minimum absolute atomic E-state index is 0.0561. The molecule has 190 valence electrons. The molecule has 0 aliphatic carbocycles. The third-order valence-corrected chi connectivity index (χ3v) is 5.33. The molecule has 3 amide bonds. The number of hydrogen-bond donors (Lipinski definition) is 4. The number of aryl methyl sites for hydroxylation is 1. The Labute approximate surface area is 210 Å². The van der Waals surface area contributed by atoms with Gasteiger partial charge in [-0.2, -0.15) is 0 Å². The molecule has 9 nitrogen and oxygen atoms in total. The Bertz CT molecular complexity index is 1050. The Morgan fingerprint density at radius 3 is 2.34 bits per heavy atom. The summed E-state index contributed by atoms with van der Waals surface area (Å²) >= 11 is 6.28. The number of amides is 3. The predicted octanol–water partition coefficient (Wildman–Crippen LogP) is 3.77. The quantitative estimate of drug-likeness (QED) is 0.432. The van der Waals surface area contributed by atoms with Gasteiger partial charge in [0.05, 0.1) is 17.3 Å². The first-order chi connectivity index (χ1) is 16.4. The number of aliphatic hydroxyl groups excluding tert-OH is 1. The van der Waals surface area contributed by atoms with E-state index in [2.05, 4.69) is 10.6 Å². The summed E-state index contributed by atoms with van der Waals surface area (Å²) < 4.78 is 5.19. The van der Waals surface area contributed by atoms with E-state index in [-0.39, 0.29) is 12.3 Å². The molecule has 2 aromatic carbocycles. The first-order valence-corrected chi connectivity index (χ1v) is 11.5. The fraction of sp³-hybridized carbons (Fsp3) is 0.400. The van der Waals surface area contributed by atoms with E-state index in [1.807, 2.05) is 0 Å². The van der Waals surface area contributed by atoms with E-state index < -0.39 is 42.2 Å². The molecule has 0 spiro atoms. The highest BCUT2D eigenvalue weighted by Gasteiger charge is 2.35. The third-order valence-electron chi connectivity index (χ3n) is 5.01. The number of rotatable bonds is 8. The number of carbonyl (C=O) groups is 3. The van der Waals surface area contributed by atoms with Gasteiger partial charge < -0.3 is 30.5 Å². The second kappa shape index (κ2) is 11.9. The maximum atomic E-state index is 13.5. The van der Waals surface area contributed by atoms with Crippen LogP contribution >= 0.6 is 11.6 Å². The fourth-order valence-electron chi connectivity index (χ4n) is 3.45. The summed E-state index contributed by atoms with van der Waals surface area (Å²) in [6, 6.07) is 8.54. The summed E-state index contributed by atoms with van der Waals surface area (Å²) in [5.41, 5.74) is 0.624. The van der Waals surface area contributed by atoms with Crippen LogP contribution in [-0.2, 0) is 14.3 Å². The lowest BCUT2D eigenvalue weighted by Crippen LogP contribution is -2.53. The van der Waals surface area contributed by atoms with Crippen LogP contribution < -0.4 is 10.6 Å². The number of phenols is 1. The van der Waals surface area contributed by atoms with Gasteiger partial charge in [0.2, 0.25) is 5.91 Å². The van der Waals surface area contributed by atoms with Gasteiger partial charge >= 0.3 is 6.09 Å². The lowest BCUT2D eigenvalue weighted by molar-refractivity contribution is -0.141. The minimum atomic E-state index is -1.36. The first kappa shape index (κ1) is 27.9. The number of nitrogens with one attached hydrogen (secondary N) is 2. The first-order valence-electron chi connectivity index (χ1n) is 11.1. The van der Waals surface area contributed by atoms with Gasteiger partial charge in [0.25, 0.3) is 5.91 Å². The van der Waals surface area contributed by atoms with Gasteiger partial charge in [-0.3, -0.25) is 9.59 Å². The van der Waals surface area contributed by atoms with Crippen molar-refractivity contribution in [2.45, 2.75) is 52.3 Å². The predicted molar refractivity (Wildman–Crippen MR) is 133 cm³/mol. The molecule has 0 saturated heterocycles. The number of phenolic OH excluding ortho intramolecular Hbond substituents is 1. The zero-order valence-electron chi connectivity index (χ0n) is 20.5. The maximum Gasteiger partial charge on any atom is 0.408 e. The second-order valence-electron chi connectivity index (χ2n) is 8.92. The number of benzene rings is 2. The molecule has 0 saturated carbocycles. The van der Waals surface area contributed by atoms with Crippen molar-refractivity contribution in [3.63, 3.8) is 0 Å². The number of halogens is 1. The van der Waals surface area contributed by atoms with Crippen LogP contribution in [0.2, 0.25) is 5.02 Å². The van der Waals surface area contributed by atoms with Crippen LogP contribution in [0.5, 0.6) is 5.75 Å². The van der Waals surface area contributed by atoms with Gasteiger partial charge in [-0.1, -0.05) is 35.9 Å². The molecule has 2 aromatic rings. The number of hydrogen-bond acceptors (Lipinski definition) is 6. The number of ether oxygens (including phenoxy) is 1. The van der Waals surface area contributed by atoms with E-state index >= 15 is 0 Å². The smallest absolute Gasteiger partial charge is 0.408 e. The number of likely N-dealkylation sites (N-methyl/N-ethyl adjacent to an activating group) is 1. The molecule has 4 N–H and O–H groups in total. The number of aromatic hydroxyl groups is 1. The van der Waals surface area contributed by atoms with Gasteiger partial charge in [-0.15, -0.1) is 0 Å². The molecule has 2 atom stereocenters. The lowest BCUT2D eigenvalue weighted by Gasteiger charge is -2.33. The number of alkyl carbamates (subject to hydrolysis) is 1. The number of nitrogens with zero attached hydrogens (tertiary/aromatic N) is 1. The van der Waals surface area contributed by atoms with Crippen LogP contribution in [0.15, 0.2) is 42.5 Å². The van der Waals surface area contributed by atoms with Crippen molar-refractivity contribution in [1.82, 2.24) is 10.2 Å². The zero-order chi connectivity index (χ0) is 26.3.